The summed E-state index contributed by atoms with van der Waals surface area (Å²) in [6.45, 7) is 5.68. The molecule has 5 heteroatoms. The highest BCUT2D eigenvalue weighted by Crippen LogP contribution is 2.27. The van der Waals surface area contributed by atoms with Gasteiger partial charge in [0.2, 0.25) is 0 Å². The minimum Gasteiger partial charge on any atom is -0.483 e. The standard InChI is InChI=1S/C14H21ClN2O2/c1-9(2)17-14(18)8-19-13-6-4-5-12(15)11(13)7-10(3)16/h4-6,9-10H,7-8,16H2,1-3H3,(H,17,18). The van der Waals surface area contributed by atoms with Crippen LogP contribution in [-0.4, -0.2) is 24.6 Å². The molecule has 0 aliphatic rings. The van der Waals surface area contributed by atoms with E-state index in [1.807, 2.05) is 20.8 Å². The van der Waals surface area contributed by atoms with Crippen LogP contribution < -0.4 is 15.8 Å². The van der Waals surface area contributed by atoms with Crippen LogP contribution in [0.25, 0.3) is 0 Å². The van der Waals surface area contributed by atoms with Gasteiger partial charge in [0.15, 0.2) is 6.61 Å². The third-order valence-corrected chi connectivity index (χ3v) is 2.76. The van der Waals surface area contributed by atoms with Gasteiger partial charge in [-0.2, -0.15) is 0 Å². The molecule has 106 valence electrons. The number of nitrogens with two attached hydrogens (primary N) is 1. The number of nitrogens with one attached hydrogen (secondary N) is 1. The first-order chi connectivity index (χ1) is 8.90. The molecule has 0 bridgehead atoms. The maximum Gasteiger partial charge on any atom is 0.258 e. The largest absolute Gasteiger partial charge is 0.483 e. The summed E-state index contributed by atoms with van der Waals surface area (Å²) in [5, 5.41) is 3.38. The zero-order valence-corrected chi connectivity index (χ0v) is 12.3. The van der Waals surface area contributed by atoms with Crippen molar-refractivity contribution in [3.05, 3.63) is 28.8 Å². The normalized spacial score (nSPS) is 12.3. The Bertz CT molecular complexity index is 433. The van der Waals surface area contributed by atoms with Gasteiger partial charge in [0.05, 0.1) is 0 Å². The van der Waals surface area contributed by atoms with Gasteiger partial charge < -0.3 is 15.8 Å². The summed E-state index contributed by atoms with van der Waals surface area (Å²) >= 11 is 6.14. The molecule has 0 heterocycles. The minimum absolute atomic E-state index is 0.0215. The molecule has 0 aromatic heterocycles. The van der Waals surface area contributed by atoms with E-state index in [2.05, 4.69) is 5.32 Å². The number of benzene rings is 1. The SMILES string of the molecule is CC(N)Cc1c(Cl)cccc1OCC(=O)NC(C)C. The lowest BCUT2D eigenvalue weighted by Crippen LogP contribution is -2.34. The molecule has 19 heavy (non-hydrogen) atoms. The van der Waals surface area contributed by atoms with Crippen LogP contribution in [0.4, 0.5) is 0 Å². The van der Waals surface area contributed by atoms with Crippen molar-refractivity contribution in [2.75, 3.05) is 6.61 Å². The number of amides is 1. The number of hydrogen-bond donors (Lipinski definition) is 2. The molecule has 0 aliphatic carbocycles. The smallest absolute Gasteiger partial charge is 0.258 e. The summed E-state index contributed by atoms with van der Waals surface area (Å²) in [6.07, 6.45) is 0.612. The molecule has 1 aromatic carbocycles. The van der Waals surface area contributed by atoms with Crippen LogP contribution in [0.3, 0.4) is 0 Å². The quantitative estimate of drug-likeness (QED) is 0.841. The third-order valence-electron chi connectivity index (χ3n) is 2.41. The first-order valence-electron chi connectivity index (χ1n) is 6.35. The van der Waals surface area contributed by atoms with Gasteiger partial charge in [0, 0.05) is 22.7 Å². The van der Waals surface area contributed by atoms with Crippen LogP contribution >= 0.6 is 11.6 Å². The zero-order valence-electron chi connectivity index (χ0n) is 11.6. The number of hydrogen-bond acceptors (Lipinski definition) is 3. The van der Waals surface area contributed by atoms with E-state index in [1.54, 1.807) is 18.2 Å². The molecule has 1 unspecified atom stereocenters. The van der Waals surface area contributed by atoms with Crippen LogP contribution in [0.15, 0.2) is 18.2 Å². The second-order valence-electron chi connectivity index (χ2n) is 4.91. The number of carbonyl (C=O) groups excluding carboxylic acids is 1. The highest BCUT2D eigenvalue weighted by Gasteiger charge is 2.12. The van der Waals surface area contributed by atoms with E-state index in [0.29, 0.717) is 17.2 Å². The van der Waals surface area contributed by atoms with Crippen LogP contribution in [0.2, 0.25) is 5.02 Å². The van der Waals surface area contributed by atoms with E-state index < -0.39 is 0 Å². The fourth-order valence-electron chi connectivity index (χ4n) is 1.70. The van der Waals surface area contributed by atoms with Gasteiger partial charge in [-0.15, -0.1) is 0 Å². The van der Waals surface area contributed by atoms with E-state index in [0.717, 1.165) is 5.56 Å². The molecule has 0 aliphatic heterocycles. The lowest BCUT2D eigenvalue weighted by atomic mass is 10.1. The first kappa shape index (κ1) is 15.8. The first-order valence-corrected chi connectivity index (χ1v) is 6.73. The van der Waals surface area contributed by atoms with Gasteiger partial charge in [-0.3, -0.25) is 4.79 Å². The molecule has 1 rings (SSSR count). The van der Waals surface area contributed by atoms with Crippen molar-refractivity contribution in [1.29, 1.82) is 0 Å². The van der Waals surface area contributed by atoms with Crippen molar-refractivity contribution in [1.82, 2.24) is 5.32 Å². The molecule has 0 saturated heterocycles. The predicted octanol–water partition coefficient (Wildman–Crippen LogP) is 2.13. The number of ether oxygens (including phenoxy) is 1. The van der Waals surface area contributed by atoms with Crippen molar-refractivity contribution < 1.29 is 9.53 Å². The number of rotatable bonds is 6. The van der Waals surface area contributed by atoms with Crippen molar-refractivity contribution in [2.45, 2.75) is 39.3 Å². The summed E-state index contributed by atoms with van der Waals surface area (Å²) in [5.41, 5.74) is 6.63. The van der Waals surface area contributed by atoms with Crippen LogP contribution in [0, 0.1) is 0 Å². The maximum atomic E-state index is 11.6. The summed E-state index contributed by atoms with van der Waals surface area (Å²) < 4.78 is 5.53. The highest BCUT2D eigenvalue weighted by molar-refractivity contribution is 6.31. The van der Waals surface area contributed by atoms with Gasteiger partial charge in [-0.05, 0) is 39.3 Å². The Kier molecular flexibility index (Phi) is 6.12. The van der Waals surface area contributed by atoms with Crippen molar-refractivity contribution >= 4 is 17.5 Å². The minimum atomic E-state index is -0.151. The van der Waals surface area contributed by atoms with Crippen LogP contribution in [0.1, 0.15) is 26.3 Å². The summed E-state index contributed by atoms with van der Waals surface area (Å²) in [4.78, 5) is 11.6. The van der Waals surface area contributed by atoms with Gasteiger partial charge in [-0.1, -0.05) is 17.7 Å². The van der Waals surface area contributed by atoms with Crippen molar-refractivity contribution in [3.8, 4) is 5.75 Å². The monoisotopic (exact) mass is 284 g/mol. The predicted molar refractivity (Wildman–Crippen MR) is 77.6 cm³/mol. The lowest BCUT2D eigenvalue weighted by molar-refractivity contribution is -0.123. The van der Waals surface area contributed by atoms with E-state index in [4.69, 9.17) is 22.1 Å². The molecule has 0 radical (unpaired) electrons. The average Bonchev–Trinajstić information content (AvgIpc) is 2.28. The summed E-state index contributed by atoms with van der Waals surface area (Å²) in [5.74, 6) is 0.463. The number of halogens is 1. The van der Waals surface area contributed by atoms with Crippen LogP contribution in [-0.2, 0) is 11.2 Å². The zero-order chi connectivity index (χ0) is 14.4. The molecule has 0 spiro atoms. The molecule has 1 atom stereocenters. The molecule has 4 nitrogen and oxygen atoms in total. The Balaban J connectivity index is 2.72. The third kappa shape index (κ3) is 5.49. The molecule has 1 amide bonds. The highest BCUT2D eigenvalue weighted by atomic mass is 35.5. The van der Waals surface area contributed by atoms with Crippen molar-refractivity contribution in [2.24, 2.45) is 5.73 Å². The fourth-order valence-corrected chi connectivity index (χ4v) is 1.94. The van der Waals surface area contributed by atoms with Gasteiger partial charge in [0.25, 0.3) is 5.91 Å². The average molecular weight is 285 g/mol. The Hall–Kier alpha value is -1.26. The van der Waals surface area contributed by atoms with E-state index in [-0.39, 0.29) is 24.6 Å². The molecule has 3 N–H and O–H groups in total. The molecular formula is C14H21ClN2O2. The van der Waals surface area contributed by atoms with E-state index >= 15 is 0 Å². The van der Waals surface area contributed by atoms with Crippen molar-refractivity contribution in [3.63, 3.8) is 0 Å². The van der Waals surface area contributed by atoms with Gasteiger partial charge in [-0.25, -0.2) is 0 Å². The lowest BCUT2D eigenvalue weighted by Gasteiger charge is -2.15. The van der Waals surface area contributed by atoms with Gasteiger partial charge >= 0.3 is 0 Å². The summed E-state index contributed by atoms with van der Waals surface area (Å²) in [6, 6.07) is 5.46. The van der Waals surface area contributed by atoms with E-state index in [9.17, 15) is 4.79 Å². The Morgan fingerprint density at radius 3 is 2.68 bits per heavy atom. The molecule has 0 fully saturated rings. The molecular weight excluding hydrogens is 264 g/mol. The Morgan fingerprint density at radius 1 is 1.42 bits per heavy atom. The summed E-state index contributed by atoms with van der Waals surface area (Å²) in [7, 11) is 0. The van der Waals surface area contributed by atoms with E-state index in [1.165, 1.54) is 0 Å². The molecule has 1 aromatic rings. The molecule has 0 saturated carbocycles. The van der Waals surface area contributed by atoms with Crippen LogP contribution in [0.5, 0.6) is 5.75 Å². The second kappa shape index (κ2) is 7.36. The topological polar surface area (TPSA) is 64.3 Å². The number of carbonyl (C=O) groups is 1. The Labute approximate surface area is 119 Å². The Morgan fingerprint density at radius 2 is 2.11 bits per heavy atom. The maximum absolute atomic E-state index is 11.6. The van der Waals surface area contributed by atoms with Gasteiger partial charge in [0.1, 0.15) is 5.75 Å². The second-order valence-corrected chi connectivity index (χ2v) is 5.32. The fraction of sp³-hybridized carbons (Fsp3) is 0.500.